The first kappa shape index (κ1) is 18.5. The lowest BCUT2D eigenvalue weighted by Gasteiger charge is -2.74. The molecule has 1 aromatic rings. The van der Waals surface area contributed by atoms with Gasteiger partial charge in [0.25, 0.3) is 0 Å². The second-order valence-corrected chi connectivity index (χ2v) is 8.86. The molecule has 0 heterocycles. The minimum absolute atomic E-state index is 0.0633. The van der Waals surface area contributed by atoms with Gasteiger partial charge in [0.1, 0.15) is 24.6 Å². The summed E-state index contributed by atoms with van der Waals surface area (Å²) in [5.74, 6) is -0.0159. The molecule has 144 valence electrons. The monoisotopic (exact) mass is 370 g/mol. The average molecular weight is 370 g/mol. The van der Waals surface area contributed by atoms with Crippen LogP contribution in [0.1, 0.15) is 50.8 Å². The van der Waals surface area contributed by atoms with Crippen molar-refractivity contribution in [1.82, 2.24) is 0 Å². The molecule has 0 amide bonds. The van der Waals surface area contributed by atoms with Gasteiger partial charge in [0.05, 0.1) is 5.41 Å². The summed E-state index contributed by atoms with van der Waals surface area (Å²) >= 11 is 0. The standard InChI is InChI=1S/C22H26O5/c1-20-9-8-14-15(21(2,19(20)27)22(14,20)3)10-12-4-6-13(7-5-12)17(25)18(26)16(24)11-23/h4-7,10,14,17-18,23,25-26H,8-9,11H2,1-3H3/b15-10+. The minimum atomic E-state index is -1.64. The summed E-state index contributed by atoms with van der Waals surface area (Å²) in [5, 5.41) is 28.6. The third-order valence-electron chi connectivity index (χ3n) is 8.11. The fourth-order valence-corrected chi connectivity index (χ4v) is 6.17. The van der Waals surface area contributed by atoms with E-state index in [1.165, 1.54) is 5.57 Å². The molecular formula is C22H26O5. The fraction of sp³-hybridized carbons (Fsp3) is 0.545. The first-order valence-corrected chi connectivity index (χ1v) is 9.49. The molecule has 3 N–H and O–H groups in total. The number of Topliss-reactive ketones (excluding diaryl/α,β-unsaturated/α-hetero) is 2. The Morgan fingerprint density at radius 3 is 2.44 bits per heavy atom. The number of aliphatic hydroxyl groups is 3. The zero-order chi connectivity index (χ0) is 19.8. The van der Waals surface area contributed by atoms with Gasteiger partial charge < -0.3 is 15.3 Å². The van der Waals surface area contributed by atoms with Gasteiger partial charge in [0.2, 0.25) is 0 Å². The van der Waals surface area contributed by atoms with Gasteiger partial charge in [-0.2, -0.15) is 0 Å². The average Bonchev–Trinajstić information content (AvgIpc) is 2.86. The summed E-state index contributed by atoms with van der Waals surface area (Å²) in [6.45, 7) is 5.62. The highest BCUT2D eigenvalue weighted by atomic mass is 16.3. The van der Waals surface area contributed by atoms with E-state index >= 15 is 0 Å². The van der Waals surface area contributed by atoms with Crippen LogP contribution >= 0.6 is 0 Å². The summed E-state index contributed by atoms with van der Waals surface area (Å²) < 4.78 is 0. The molecule has 0 spiro atoms. The number of allylic oxidation sites excluding steroid dienone is 1. The van der Waals surface area contributed by atoms with Crippen molar-refractivity contribution in [2.24, 2.45) is 22.2 Å². The highest BCUT2D eigenvalue weighted by molar-refractivity contribution is 6.06. The van der Waals surface area contributed by atoms with Gasteiger partial charge in [-0.25, -0.2) is 0 Å². The van der Waals surface area contributed by atoms with Gasteiger partial charge >= 0.3 is 0 Å². The molecule has 4 rings (SSSR count). The molecule has 6 unspecified atom stereocenters. The van der Waals surface area contributed by atoms with E-state index in [2.05, 4.69) is 26.8 Å². The Labute approximate surface area is 158 Å². The van der Waals surface area contributed by atoms with Crippen LogP contribution in [0.4, 0.5) is 0 Å². The van der Waals surface area contributed by atoms with E-state index in [4.69, 9.17) is 5.11 Å². The maximum Gasteiger partial charge on any atom is 0.189 e. The Morgan fingerprint density at radius 2 is 1.85 bits per heavy atom. The first-order valence-electron chi connectivity index (χ1n) is 9.49. The van der Waals surface area contributed by atoms with Crippen LogP contribution in [0.3, 0.4) is 0 Å². The molecule has 3 fully saturated rings. The topological polar surface area (TPSA) is 94.8 Å². The van der Waals surface area contributed by atoms with Crippen molar-refractivity contribution >= 4 is 17.6 Å². The summed E-state index contributed by atoms with van der Waals surface area (Å²) in [4.78, 5) is 24.2. The van der Waals surface area contributed by atoms with Crippen molar-refractivity contribution in [3.63, 3.8) is 0 Å². The maximum absolute atomic E-state index is 12.9. The van der Waals surface area contributed by atoms with Gasteiger partial charge in [-0.15, -0.1) is 0 Å². The Hall–Kier alpha value is -1.82. The van der Waals surface area contributed by atoms with Crippen molar-refractivity contribution in [2.75, 3.05) is 6.61 Å². The Morgan fingerprint density at radius 1 is 1.22 bits per heavy atom. The second-order valence-electron chi connectivity index (χ2n) is 8.86. The van der Waals surface area contributed by atoms with Gasteiger partial charge in [-0.05, 0) is 36.8 Å². The molecule has 27 heavy (non-hydrogen) atoms. The zero-order valence-electron chi connectivity index (χ0n) is 15.9. The molecule has 0 aromatic heterocycles. The maximum atomic E-state index is 12.9. The molecule has 6 atom stereocenters. The fourth-order valence-electron chi connectivity index (χ4n) is 6.17. The van der Waals surface area contributed by atoms with Crippen LogP contribution < -0.4 is 0 Å². The lowest BCUT2D eigenvalue weighted by Crippen LogP contribution is -2.77. The van der Waals surface area contributed by atoms with Crippen LogP contribution in [0, 0.1) is 22.2 Å². The van der Waals surface area contributed by atoms with Crippen LogP contribution in [0.15, 0.2) is 29.8 Å². The molecule has 0 aliphatic heterocycles. The summed E-state index contributed by atoms with van der Waals surface area (Å²) in [6, 6.07) is 6.95. The van der Waals surface area contributed by atoms with Crippen molar-refractivity contribution in [1.29, 1.82) is 0 Å². The van der Waals surface area contributed by atoms with Crippen LogP contribution in [0.2, 0.25) is 0 Å². The predicted molar refractivity (Wildman–Crippen MR) is 99.5 cm³/mol. The number of rotatable bonds is 5. The third kappa shape index (κ3) is 1.95. The molecule has 5 heteroatoms. The van der Waals surface area contributed by atoms with Gasteiger partial charge in [-0.1, -0.05) is 49.8 Å². The van der Waals surface area contributed by atoms with E-state index in [9.17, 15) is 19.8 Å². The van der Waals surface area contributed by atoms with E-state index in [1.54, 1.807) is 12.1 Å². The van der Waals surface area contributed by atoms with Crippen LogP contribution in [-0.4, -0.2) is 39.6 Å². The highest BCUT2D eigenvalue weighted by Gasteiger charge is 2.86. The Bertz CT molecular complexity index is 856. The zero-order valence-corrected chi connectivity index (χ0v) is 15.9. The molecule has 3 aliphatic carbocycles. The number of hydrogen-bond donors (Lipinski definition) is 3. The SMILES string of the molecule is CC12CCC3/C(=C\c4ccc(C(O)C(O)C(=O)CO)cc4)C(C)(C1=O)C32C. The predicted octanol–water partition coefficient (Wildman–Crippen LogP) is 2.05. The smallest absolute Gasteiger partial charge is 0.189 e. The molecule has 0 bridgehead atoms. The van der Waals surface area contributed by atoms with E-state index in [0.29, 0.717) is 17.3 Å². The molecule has 0 saturated heterocycles. The van der Waals surface area contributed by atoms with Crippen molar-refractivity contribution in [2.45, 2.75) is 45.8 Å². The molecule has 3 aliphatic rings. The number of carbonyl (C=O) groups is 2. The van der Waals surface area contributed by atoms with E-state index in [1.807, 2.05) is 12.1 Å². The molecular weight excluding hydrogens is 344 g/mol. The lowest BCUT2D eigenvalue weighted by atomic mass is 9.26. The van der Waals surface area contributed by atoms with Gasteiger partial charge in [0, 0.05) is 10.8 Å². The van der Waals surface area contributed by atoms with Crippen molar-refractivity contribution in [3.8, 4) is 0 Å². The van der Waals surface area contributed by atoms with Crippen molar-refractivity contribution in [3.05, 3.63) is 41.0 Å². The van der Waals surface area contributed by atoms with Gasteiger partial charge in [0.15, 0.2) is 5.78 Å². The van der Waals surface area contributed by atoms with E-state index < -0.39 is 24.6 Å². The second kappa shape index (κ2) is 5.60. The number of benzene rings is 1. The Kier molecular flexibility index (Phi) is 3.84. The first-order chi connectivity index (χ1) is 12.6. The molecule has 1 aromatic carbocycles. The largest absolute Gasteiger partial charge is 0.388 e. The number of hydrogen-bond acceptors (Lipinski definition) is 5. The van der Waals surface area contributed by atoms with Crippen LogP contribution in [-0.2, 0) is 9.59 Å². The lowest BCUT2D eigenvalue weighted by molar-refractivity contribution is -0.209. The third-order valence-corrected chi connectivity index (χ3v) is 8.11. The van der Waals surface area contributed by atoms with Crippen LogP contribution in [0.5, 0.6) is 0 Å². The van der Waals surface area contributed by atoms with E-state index in [0.717, 1.165) is 18.4 Å². The number of aliphatic hydroxyl groups excluding tert-OH is 3. The summed E-state index contributed by atoms with van der Waals surface area (Å²) in [5.41, 5.74) is 2.06. The van der Waals surface area contributed by atoms with Crippen molar-refractivity contribution < 1.29 is 24.9 Å². The van der Waals surface area contributed by atoms with Crippen LogP contribution in [0.25, 0.3) is 6.08 Å². The molecule has 5 nitrogen and oxygen atoms in total. The van der Waals surface area contributed by atoms with Gasteiger partial charge in [-0.3, -0.25) is 9.59 Å². The molecule has 0 radical (unpaired) electrons. The van der Waals surface area contributed by atoms with E-state index in [-0.39, 0.29) is 16.2 Å². The molecule has 3 saturated carbocycles. The summed E-state index contributed by atoms with van der Waals surface area (Å²) in [7, 11) is 0. The highest BCUT2D eigenvalue weighted by Crippen LogP contribution is 2.86. The number of carbonyl (C=O) groups excluding carboxylic acids is 2. The quantitative estimate of drug-likeness (QED) is 0.737. The minimum Gasteiger partial charge on any atom is -0.388 e. The summed E-state index contributed by atoms with van der Waals surface area (Å²) in [6.07, 6.45) is 1.07. The Balaban J connectivity index is 1.58. The number of ketones is 2. The normalized spacial score (nSPS) is 40.1.